The smallest absolute Gasteiger partial charge is 0.355 e. The molecule has 167 valence electrons. The minimum atomic E-state index is -0.989. The molecule has 4 aromatic carbocycles. The molecule has 2 aromatic heterocycles. The number of carboxylic acid groups (broad SMARTS) is 1. The molecule has 0 spiro atoms. The van der Waals surface area contributed by atoms with E-state index in [9.17, 15) is 4.79 Å². The average Bonchev–Trinajstić information content (AvgIpc) is 2.88. The van der Waals surface area contributed by atoms with Crippen molar-refractivity contribution in [3.63, 3.8) is 0 Å². The van der Waals surface area contributed by atoms with Crippen LogP contribution in [0.2, 0.25) is 0 Å². The van der Waals surface area contributed by atoms with Crippen molar-refractivity contribution in [1.82, 2.24) is 9.97 Å². The van der Waals surface area contributed by atoms with E-state index in [1.54, 1.807) is 18.2 Å². The van der Waals surface area contributed by atoms with Gasteiger partial charge in [0, 0.05) is 31.7 Å². The summed E-state index contributed by atoms with van der Waals surface area (Å²) in [6, 6.07) is 37.3. The molecule has 0 atom stereocenters. The quantitative estimate of drug-likeness (QED) is 0.217. The molecule has 0 fully saturated rings. The zero-order valence-electron chi connectivity index (χ0n) is 18.0. The summed E-state index contributed by atoms with van der Waals surface area (Å²) in [7, 11) is 0. The molecular weight excluding hydrogens is 601 g/mol. The Morgan fingerprint density at radius 3 is 2.21 bits per heavy atom. The molecule has 0 amide bonds. The summed E-state index contributed by atoms with van der Waals surface area (Å²) in [6.07, 6.45) is 1.51. The van der Waals surface area contributed by atoms with Gasteiger partial charge in [-0.15, -0.1) is 29.1 Å². The predicted molar refractivity (Wildman–Crippen MR) is 132 cm³/mol. The van der Waals surface area contributed by atoms with Gasteiger partial charge in [0.2, 0.25) is 0 Å². The first kappa shape index (κ1) is 23.2. The largest absolute Gasteiger partial charge is 0.476 e. The zero-order chi connectivity index (χ0) is 22.6. The summed E-state index contributed by atoms with van der Waals surface area (Å²) in [5.41, 5.74) is 3.13. The number of aromatic nitrogens is 2. The SMILES string of the molecule is O=C(O)c1nccc2ccccc12.[Ir].[c-]1cc2ccccc2cc1-c1ccc2ccccc2n1. The molecular formula is C29H19IrN2O2-. The third-order valence-corrected chi connectivity index (χ3v) is 5.43. The van der Waals surface area contributed by atoms with Crippen LogP contribution in [0.15, 0.2) is 109 Å². The number of hydrogen-bond donors (Lipinski definition) is 1. The monoisotopic (exact) mass is 620 g/mol. The fourth-order valence-corrected chi connectivity index (χ4v) is 3.78. The molecule has 0 unspecified atom stereocenters. The van der Waals surface area contributed by atoms with Crippen LogP contribution >= 0.6 is 0 Å². The molecule has 2 heterocycles. The van der Waals surface area contributed by atoms with E-state index in [2.05, 4.69) is 53.5 Å². The van der Waals surface area contributed by atoms with Gasteiger partial charge in [0.1, 0.15) is 0 Å². The number of carboxylic acids is 1. The van der Waals surface area contributed by atoms with Crippen LogP contribution in [-0.4, -0.2) is 21.0 Å². The Balaban J connectivity index is 0.000000171. The van der Waals surface area contributed by atoms with Crippen molar-refractivity contribution in [2.45, 2.75) is 0 Å². The van der Waals surface area contributed by atoms with E-state index in [1.807, 2.05) is 42.5 Å². The molecule has 0 aliphatic carbocycles. The first-order valence-electron chi connectivity index (χ1n) is 10.5. The van der Waals surface area contributed by atoms with Crippen molar-refractivity contribution < 1.29 is 30.0 Å². The van der Waals surface area contributed by atoms with Crippen molar-refractivity contribution in [2.75, 3.05) is 0 Å². The fourth-order valence-electron chi connectivity index (χ4n) is 3.78. The topological polar surface area (TPSA) is 63.1 Å². The number of aromatic carboxylic acids is 1. The third kappa shape index (κ3) is 4.86. The summed E-state index contributed by atoms with van der Waals surface area (Å²) in [5, 5.41) is 14.0. The second-order valence-corrected chi connectivity index (χ2v) is 7.55. The van der Waals surface area contributed by atoms with Crippen molar-refractivity contribution in [3.8, 4) is 11.3 Å². The van der Waals surface area contributed by atoms with Gasteiger partial charge in [0.15, 0.2) is 5.69 Å². The molecule has 0 bridgehead atoms. The van der Waals surface area contributed by atoms with Crippen LogP contribution in [0.25, 0.3) is 43.7 Å². The molecule has 1 radical (unpaired) electrons. The fraction of sp³-hybridized carbons (Fsp3) is 0. The van der Waals surface area contributed by atoms with E-state index >= 15 is 0 Å². The molecule has 0 aliphatic heterocycles. The number of carbonyl (C=O) groups is 1. The summed E-state index contributed by atoms with van der Waals surface area (Å²) >= 11 is 0. The summed E-state index contributed by atoms with van der Waals surface area (Å²) in [6.45, 7) is 0. The van der Waals surface area contributed by atoms with Crippen LogP contribution in [0.1, 0.15) is 10.5 Å². The molecule has 6 rings (SSSR count). The van der Waals surface area contributed by atoms with Gasteiger partial charge >= 0.3 is 5.97 Å². The maximum Gasteiger partial charge on any atom is 0.355 e. The van der Waals surface area contributed by atoms with E-state index in [4.69, 9.17) is 10.1 Å². The Morgan fingerprint density at radius 1 is 0.735 bits per heavy atom. The van der Waals surface area contributed by atoms with Crippen LogP contribution in [0, 0.1) is 6.07 Å². The Kier molecular flexibility index (Phi) is 7.07. The normalized spacial score (nSPS) is 10.4. The number of nitrogens with zero attached hydrogens (tertiary/aromatic N) is 2. The van der Waals surface area contributed by atoms with Crippen LogP contribution in [0.4, 0.5) is 0 Å². The minimum Gasteiger partial charge on any atom is -0.476 e. The summed E-state index contributed by atoms with van der Waals surface area (Å²) < 4.78 is 0. The van der Waals surface area contributed by atoms with Gasteiger partial charge in [-0.25, -0.2) is 9.78 Å². The van der Waals surface area contributed by atoms with Gasteiger partial charge in [0.25, 0.3) is 0 Å². The molecule has 34 heavy (non-hydrogen) atoms. The van der Waals surface area contributed by atoms with Gasteiger partial charge in [0.05, 0.1) is 5.52 Å². The van der Waals surface area contributed by atoms with Crippen LogP contribution in [-0.2, 0) is 20.1 Å². The van der Waals surface area contributed by atoms with Gasteiger partial charge in [-0.3, -0.25) is 4.98 Å². The Morgan fingerprint density at radius 2 is 1.41 bits per heavy atom. The number of fused-ring (bicyclic) bond motifs is 3. The van der Waals surface area contributed by atoms with Crippen molar-refractivity contribution in [3.05, 3.63) is 121 Å². The van der Waals surface area contributed by atoms with E-state index in [-0.39, 0.29) is 25.8 Å². The van der Waals surface area contributed by atoms with Gasteiger partial charge in [-0.2, -0.15) is 0 Å². The number of para-hydroxylation sites is 1. The number of rotatable bonds is 2. The van der Waals surface area contributed by atoms with Crippen molar-refractivity contribution in [2.24, 2.45) is 0 Å². The van der Waals surface area contributed by atoms with Crippen LogP contribution in [0.3, 0.4) is 0 Å². The van der Waals surface area contributed by atoms with Gasteiger partial charge in [-0.05, 0) is 28.6 Å². The second-order valence-electron chi connectivity index (χ2n) is 7.55. The predicted octanol–water partition coefficient (Wildman–Crippen LogP) is 6.79. The minimum absolute atomic E-state index is 0. The van der Waals surface area contributed by atoms with Gasteiger partial charge in [-0.1, -0.05) is 84.2 Å². The molecule has 0 saturated carbocycles. The maximum absolute atomic E-state index is 10.8. The van der Waals surface area contributed by atoms with Crippen molar-refractivity contribution in [1.29, 1.82) is 0 Å². The molecule has 6 aromatic rings. The zero-order valence-corrected chi connectivity index (χ0v) is 20.4. The van der Waals surface area contributed by atoms with E-state index < -0.39 is 5.97 Å². The molecule has 5 heteroatoms. The number of benzene rings is 4. The molecule has 0 aliphatic rings. The van der Waals surface area contributed by atoms with E-state index in [0.29, 0.717) is 5.39 Å². The third-order valence-electron chi connectivity index (χ3n) is 5.43. The van der Waals surface area contributed by atoms with Crippen LogP contribution < -0.4 is 0 Å². The number of hydrogen-bond acceptors (Lipinski definition) is 3. The molecule has 1 N–H and O–H groups in total. The van der Waals surface area contributed by atoms with E-state index in [0.717, 1.165) is 27.5 Å². The van der Waals surface area contributed by atoms with Crippen LogP contribution in [0.5, 0.6) is 0 Å². The standard InChI is InChI=1S/C19H12N.C10H7NO2.Ir/c1-2-7-16-13-17(10-9-14(16)5-1)19-12-11-15-6-3-4-8-18(15)20-19;12-10(13)9-8-4-2-1-3-7(8)5-6-11-9;/h1-9,11-13H;1-6H,(H,12,13);/q-1;;. The first-order chi connectivity index (χ1) is 16.2. The second kappa shape index (κ2) is 10.3. The van der Waals surface area contributed by atoms with E-state index in [1.165, 1.54) is 17.0 Å². The Hall–Kier alpha value is -3.92. The summed E-state index contributed by atoms with van der Waals surface area (Å²) in [4.78, 5) is 19.3. The number of pyridine rings is 2. The van der Waals surface area contributed by atoms with Gasteiger partial charge < -0.3 is 5.11 Å². The van der Waals surface area contributed by atoms with Crippen molar-refractivity contribution >= 4 is 38.4 Å². The molecule has 4 nitrogen and oxygen atoms in total. The first-order valence-corrected chi connectivity index (χ1v) is 10.5. The summed E-state index contributed by atoms with van der Waals surface area (Å²) in [5.74, 6) is -0.989. The maximum atomic E-state index is 10.8. The Bertz CT molecular complexity index is 1530. The molecule has 0 saturated heterocycles. The average molecular weight is 620 g/mol. The Labute approximate surface area is 210 Å².